The second-order valence-corrected chi connectivity index (χ2v) is 9.05. The molecule has 1 heterocycles. The number of likely N-dealkylation sites (tertiary alicyclic amines) is 1. The first kappa shape index (κ1) is 19.9. The van der Waals surface area contributed by atoms with Crippen molar-refractivity contribution in [1.29, 1.82) is 0 Å². The summed E-state index contributed by atoms with van der Waals surface area (Å²) >= 11 is 0. The first-order chi connectivity index (χ1) is 10.3. The van der Waals surface area contributed by atoms with Gasteiger partial charge in [0.05, 0.1) is 6.10 Å². The number of unbranched alkanes of at least 4 members (excludes halogenated alkanes) is 3. The number of nitrogens with zero attached hydrogens (tertiary/aromatic N) is 1. The quantitative estimate of drug-likeness (QED) is 0.556. The molecule has 0 saturated carbocycles. The summed E-state index contributed by atoms with van der Waals surface area (Å²) in [6.45, 7) is 12.1. The van der Waals surface area contributed by atoms with Crippen LogP contribution in [0.2, 0.25) is 0 Å². The highest BCUT2D eigenvalue weighted by Gasteiger charge is 2.36. The first-order valence-corrected chi connectivity index (χ1v) is 10.2. The molecule has 0 radical (unpaired) electrons. The van der Waals surface area contributed by atoms with Gasteiger partial charge in [-0.2, -0.15) is 0 Å². The van der Waals surface area contributed by atoms with Crippen LogP contribution in [-0.4, -0.2) is 57.5 Å². The van der Waals surface area contributed by atoms with Crippen LogP contribution in [0.4, 0.5) is 0 Å². The van der Waals surface area contributed by atoms with E-state index in [0.29, 0.717) is 31.7 Å². The van der Waals surface area contributed by atoms with Gasteiger partial charge < -0.3 is 9.64 Å². The third kappa shape index (κ3) is 7.90. The average Bonchev–Trinajstić information content (AvgIpc) is 2.35. The molecule has 0 aromatic heterocycles. The van der Waals surface area contributed by atoms with Crippen LogP contribution in [0, 0.1) is 5.92 Å². The molecule has 22 heavy (non-hydrogen) atoms. The molecule has 0 spiro atoms. The molecule has 0 amide bonds. The smallest absolute Gasteiger partial charge is 0.217 e. The first-order valence-electron chi connectivity index (χ1n) is 8.63. The second-order valence-electron chi connectivity index (χ2n) is 7.01. The Kier molecular flexibility index (Phi) is 8.90. The van der Waals surface area contributed by atoms with E-state index in [0.717, 1.165) is 38.8 Å². The topological polar surface area (TPSA) is 58.6 Å². The van der Waals surface area contributed by atoms with Gasteiger partial charge in [-0.3, -0.25) is 0 Å². The number of sulfonamides is 1. The van der Waals surface area contributed by atoms with E-state index in [1.807, 2.05) is 13.8 Å². The summed E-state index contributed by atoms with van der Waals surface area (Å²) in [6.07, 6.45) is 4.40. The number of nitrogens with one attached hydrogen (secondary N) is 1. The lowest BCUT2D eigenvalue weighted by Gasteiger charge is -2.39. The zero-order valence-electron chi connectivity index (χ0n) is 14.7. The van der Waals surface area contributed by atoms with Crippen LogP contribution in [0.1, 0.15) is 53.4 Å². The van der Waals surface area contributed by atoms with Gasteiger partial charge in [0.1, 0.15) is 5.25 Å². The van der Waals surface area contributed by atoms with E-state index in [2.05, 4.69) is 23.5 Å². The Morgan fingerprint density at radius 1 is 1.09 bits per heavy atom. The van der Waals surface area contributed by atoms with E-state index in [1.54, 1.807) is 0 Å². The monoisotopic (exact) mass is 334 g/mol. The lowest BCUT2D eigenvalue weighted by atomic mass is 10.1. The Morgan fingerprint density at radius 2 is 1.73 bits per heavy atom. The number of rotatable bonds is 12. The van der Waals surface area contributed by atoms with Crippen molar-refractivity contribution < 1.29 is 13.2 Å². The molecule has 0 aliphatic carbocycles. The van der Waals surface area contributed by atoms with Crippen LogP contribution < -0.4 is 4.72 Å². The molecule has 1 N–H and O–H groups in total. The van der Waals surface area contributed by atoms with Gasteiger partial charge in [0, 0.05) is 32.8 Å². The lowest BCUT2D eigenvalue weighted by molar-refractivity contribution is 0.0757. The van der Waals surface area contributed by atoms with Crippen LogP contribution in [0.15, 0.2) is 0 Å². The Labute approximate surface area is 136 Å². The van der Waals surface area contributed by atoms with Crippen molar-refractivity contribution in [2.24, 2.45) is 5.92 Å². The molecule has 1 fully saturated rings. The highest BCUT2D eigenvalue weighted by molar-refractivity contribution is 7.90. The highest BCUT2D eigenvalue weighted by atomic mass is 32.2. The number of ether oxygens (including phenoxy) is 1. The summed E-state index contributed by atoms with van der Waals surface area (Å²) in [7, 11) is -3.12. The molecule has 1 aliphatic heterocycles. The molecule has 0 aromatic rings. The standard InChI is InChI=1S/C16H34N2O3S/c1-14(2)11-18-12-16(13-18)22(19,20)17-9-7-5-6-8-10-21-15(3)4/h14-17H,5-13H2,1-4H3. The van der Waals surface area contributed by atoms with Gasteiger partial charge in [-0.1, -0.05) is 26.7 Å². The van der Waals surface area contributed by atoms with Gasteiger partial charge in [0.2, 0.25) is 10.0 Å². The third-order valence-corrected chi connectivity index (χ3v) is 5.59. The van der Waals surface area contributed by atoms with Crippen LogP contribution >= 0.6 is 0 Å². The molecule has 1 aliphatic rings. The molecule has 0 unspecified atom stereocenters. The van der Waals surface area contributed by atoms with Gasteiger partial charge >= 0.3 is 0 Å². The maximum atomic E-state index is 12.1. The normalized spacial score (nSPS) is 17.4. The fourth-order valence-electron chi connectivity index (χ4n) is 2.62. The van der Waals surface area contributed by atoms with E-state index < -0.39 is 10.0 Å². The number of hydrogen-bond acceptors (Lipinski definition) is 4. The minimum absolute atomic E-state index is 0.217. The van der Waals surface area contributed by atoms with Crippen molar-refractivity contribution in [3.8, 4) is 0 Å². The summed E-state index contributed by atoms with van der Waals surface area (Å²) in [5.74, 6) is 0.594. The van der Waals surface area contributed by atoms with E-state index in [4.69, 9.17) is 4.74 Å². The molecule has 1 saturated heterocycles. The SMILES string of the molecule is CC(C)CN1CC(S(=O)(=O)NCCCCCCOC(C)C)C1. The van der Waals surface area contributed by atoms with Crippen LogP contribution in [0.5, 0.6) is 0 Å². The minimum Gasteiger partial charge on any atom is -0.379 e. The molecular formula is C16H34N2O3S. The van der Waals surface area contributed by atoms with Crippen molar-refractivity contribution in [2.45, 2.75) is 64.7 Å². The highest BCUT2D eigenvalue weighted by Crippen LogP contribution is 2.17. The Balaban J connectivity index is 2.02. The van der Waals surface area contributed by atoms with Crippen LogP contribution in [0.25, 0.3) is 0 Å². The predicted molar refractivity (Wildman–Crippen MR) is 91.5 cm³/mol. The zero-order valence-corrected chi connectivity index (χ0v) is 15.5. The maximum absolute atomic E-state index is 12.1. The summed E-state index contributed by atoms with van der Waals surface area (Å²) < 4.78 is 32.4. The fourth-order valence-corrected chi connectivity index (χ4v) is 4.09. The second kappa shape index (κ2) is 9.85. The summed E-state index contributed by atoms with van der Waals surface area (Å²) in [4.78, 5) is 2.21. The summed E-state index contributed by atoms with van der Waals surface area (Å²) in [5, 5.41) is -0.217. The van der Waals surface area contributed by atoms with Crippen molar-refractivity contribution in [2.75, 3.05) is 32.8 Å². The van der Waals surface area contributed by atoms with E-state index in [-0.39, 0.29) is 5.25 Å². The minimum atomic E-state index is -3.12. The van der Waals surface area contributed by atoms with E-state index in [9.17, 15) is 8.42 Å². The molecule has 1 rings (SSSR count). The van der Waals surface area contributed by atoms with Crippen molar-refractivity contribution in [3.63, 3.8) is 0 Å². The summed E-state index contributed by atoms with van der Waals surface area (Å²) in [5.41, 5.74) is 0. The molecular weight excluding hydrogens is 300 g/mol. The molecule has 6 heteroatoms. The predicted octanol–water partition coefficient (Wildman–Crippen LogP) is 2.23. The van der Waals surface area contributed by atoms with Gasteiger partial charge in [-0.25, -0.2) is 13.1 Å². The average molecular weight is 335 g/mol. The van der Waals surface area contributed by atoms with Crippen molar-refractivity contribution >= 4 is 10.0 Å². The third-order valence-electron chi connectivity index (χ3n) is 3.81. The zero-order chi connectivity index (χ0) is 16.6. The lowest BCUT2D eigenvalue weighted by Crippen LogP contribution is -2.58. The number of hydrogen-bond donors (Lipinski definition) is 1. The fraction of sp³-hybridized carbons (Fsp3) is 1.00. The van der Waals surface area contributed by atoms with E-state index >= 15 is 0 Å². The Bertz CT molecular complexity index is 390. The Morgan fingerprint density at radius 3 is 2.32 bits per heavy atom. The molecule has 0 atom stereocenters. The van der Waals surface area contributed by atoms with Crippen molar-refractivity contribution in [1.82, 2.24) is 9.62 Å². The van der Waals surface area contributed by atoms with Gasteiger partial charge in [0.25, 0.3) is 0 Å². The van der Waals surface area contributed by atoms with Gasteiger partial charge in [-0.15, -0.1) is 0 Å². The van der Waals surface area contributed by atoms with Gasteiger partial charge in [-0.05, 0) is 32.6 Å². The molecule has 132 valence electrons. The Hall–Kier alpha value is -0.170. The van der Waals surface area contributed by atoms with E-state index in [1.165, 1.54) is 0 Å². The van der Waals surface area contributed by atoms with Crippen LogP contribution in [0.3, 0.4) is 0 Å². The van der Waals surface area contributed by atoms with Gasteiger partial charge in [0.15, 0.2) is 0 Å². The molecule has 5 nitrogen and oxygen atoms in total. The molecule has 0 aromatic carbocycles. The largest absolute Gasteiger partial charge is 0.379 e. The van der Waals surface area contributed by atoms with Crippen molar-refractivity contribution in [3.05, 3.63) is 0 Å². The van der Waals surface area contributed by atoms with Crippen LogP contribution in [-0.2, 0) is 14.8 Å². The molecule has 0 bridgehead atoms. The maximum Gasteiger partial charge on any atom is 0.217 e. The summed E-state index contributed by atoms with van der Waals surface area (Å²) in [6, 6.07) is 0.